The Hall–Kier alpha value is -3.92. The van der Waals surface area contributed by atoms with Gasteiger partial charge in [-0.15, -0.1) is 0 Å². The summed E-state index contributed by atoms with van der Waals surface area (Å²) in [4.78, 5) is 23.0. The first-order valence-electron chi connectivity index (χ1n) is 10.7. The highest BCUT2D eigenvalue weighted by Gasteiger charge is 2.21. The molecule has 4 nitrogen and oxygen atoms in total. The van der Waals surface area contributed by atoms with Gasteiger partial charge in [-0.25, -0.2) is 9.59 Å². The minimum absolute atomic E-state index is 0.102. The minimum atomic E-state index is -0.475. The highest BCUT2D eigenvalue weighted by atomic mass is 16.5. The van der Waals surface area contributed by atoms with Gasteiger partial charge in [-0.3, -0.25) is 0 Å². The maximum Gasteiger partial charge on any atom is 0.338 e. The fourth-order valence-corrected chi connectivity index (χ4v) is 3.47. The monoisotopic (exact) mass is 440 g/mol. The molecule has 4 heteroatoms. The molecule has 0 aliphatic carbocycles. The van der Waals surface area contributed by atoms with Crippen molar-refractivity contribution in [2.45, 2.75) is 32.6 Å². The number of hydrogen-bond acceptors (Lipinski definition) is 4. The van der Waals surface area contributed by atoms with E-state index in [0.717, 1.165) is 29.2 Å². The zero-order chi connectivity index (χ0) is 24.0. The van der Waals surface area contributed by atoms with E-state index in [1.54, 1.807) is 19.1 Å². The van der Waals surface area contributed by atoms with Gasteiger partial charge in [0.25, 0.3) is 0 Å². The first-order valence-corrected chi connectivity index (χ1v) is 10.7. The number of rotatable bonds is 8. The molecule has 0 heterocycles. The number of benzene rings is 3. The molecule has 0 aromatic heterocycles. The average molecular weight is 441 g/mol. The van der Waals surface area contributed by atoms with Gasteiger partial charge in [0.2, 0.25) is 0 Å². The molecule has 0 amide bonds. The molecule has 0 saturated carbocycles. The van der Waals surface area contributed by atoms with Crippen LogP contribution in [0.3, 0.4) is 0 Å². The van der Waals surface area contributed by atoms with Crippen LogP contribution in [0.5, 0.6) is 11.5 Å². The fraction of sp³-hybridized carbons (Fsp3) is 0.172. The van der Waals surface area contributed by atoms with Crippen LogP contribution in [0.25, 0.3) is 11.1 Å². The maximum atomic E-state index is 11.7. The third-order valence-corrected chi connectivity index (χ3v) is 5.37. The Bertz CT molecular complexity index is 1150. The molecule has 0 bridgehead atoms. The normalized spacial score (nSPS) is 10.9. The summed E-state index contributed by atoms with van der Waals surface area (Å²) in [5, 5.41) is 0. The van der Waals surface area contributed by atoms with E-state index in [9.17, 15) is 9.59 Å². The van der Waals surface area contributed by atoms with Gasteiger partial charge < -0.3 is 9.47 Å². The van der Waals surface area contributed by atoms with Crippen molar-refractivity contribution in [2.24, 2.45) is 0 Å². The lowest BCUT2D eigenvalue weighted by Crippen LogP contribution is -2.20. The summed E-state index contributed by atoms with van der Waals surface area (Å²) in [5.41, 5.74) is 4.77. The van der Waals surface area contributed by atoms with Crippen molar-refractivity contribution >= 4 is 11.9 Å². The van der Waals surface area contributed by atoms with Crippen molar-refractivity contribution in [3.8, 4) is 22.6 Å². The molecule has 0 aliphatic rings. The summed E-state index contributed by atoms with van der Waals surface area (Å²) in [6.07, 6.45) is 2.00. The van der Waals surface area contributed by atoms with Gasteiger partial charge in [0.1, 0.15) is 11.5 Å². The van der Waals surface area contributed by atoms with Gasteiger partial charge in [0, 0.05) is 11.6 Å². The van der Waals surface area contributed by atoms with Gasteiger partial charge >= 0.3 is 11.9 Å². The molecule has 0 fully saturated rings. The topological polar surface area (TPSA) is 52.6 Å². The molecule has 0 atom stereocenters. The zero-order valence-corrected chi connectivity index (χ0v) is 19.3. The van der Waals surface area contributed by atoms with Crippen molar-refractivity contribution in [1.29, 1.82) is 0 Å². The molecule has 0 N–H and O–H groups in total. The van der Waals surface area contributed by atoms with Crippen LogP contribution in [0.2, 0.25) is 0 Å². The highest BCUT2D eigenvalue weighted by Crippen LogP contribution is 2.30. The lowest BCUT2D eigenvalue weighted by atomic mass is 9.79. The predicted octanol–water partition coefficient (Wildman–Crippen LogP) is 6.45. The van der Waals surface area contributed by atoms with Crippen LogP contribution >= 0.6 is 0 Å². The number of ether oxygens (including phenoxy) is 2. The van der Waals surface area contributed by atoms with E-state index in [2.05, 4.69) is 51.3 Å². The van der Waals surface area contributed by atoms with E-state index in [1.807, 2.05) is 36.4 Å². The van der Waals surface area contributed by atoms with Crippen LogP contribution in [-0.2, 0) is 21.4 Å². The van der Waals surface area contributed by atoms with Gasteiger partial charge in [-0.05, 0) is 65.3 Å². The molecule has 3 aromatic carbocycles. The van der Waals surface area contributed by atoms with Crippen LogP contribution < -0.4 is 9.47 Å². The first-order chi connectivity index (χ1) is 15.7. The van der Waals surface area contributed by atoms with E-state index in [0.29, 0.717) is 17.1 Å². The summed E-state index contributed by atoms with van der Waals surface area (Å²) in [6.45, 7) is 13.0. The number of esters is 2. The third kappa shape index (κ3) is 6.30. The predicted molar refractivity (Wildman–Crippen MR) is 131 cm³/mol. The molecular weight excluding hydrogens is 412 g/mol. The van der Waals surface area contributed by atoms with Crippen LogP contribution in [-0.4, -0.2) is 11.9 Å². The molecule has 0 spiro atoms. The second kappa shape index (κ2) is 10.1. The van der Waals surface area contributed by atoms with Crippen LogP contribution in [0.1, 0.15) is 31.9 Å². The molecule has 0 unspecified atom stereocenters. The molecule has 3 aromatic rings. The van der Waals surface area contributed by atoms with Gasteiger partial charge in [0.05, 0.1) is 0 Å². The standard InChI is InChI=1S/C29H28O4/c1-6-27(30)32-25-15-11-23(12-16-25)22-9-7-21(8-10-22)19-29(4,5)24-13-17-26(18-14-24)33-28(31)20(2)3/h6-18H,1-2,19H2,3-5H3. The van der Waals surface area contributed by atoms with Gasteiger partial charge in [-0.1, -0.05) is 75.5 Å². The van der Waals surface area contributed by atoms with E-state index >= 15 is 0 Å². The molecule has 3 rings (SSSR count). The Morgan fingerprint density at radius 2 is 1.30 bits per heavy atom. The average Bonchev–Trinajstić information content (AvgIpc) is 2.80. The van der Waals surface area contributed by atoms with Gasteiger partial charge in [0.15, 0.2) is 0 Å². The van der Waals surface area contributed by atoms with Crippen molar-refractivity contribution < 1.29 is 19.1 Å². The minimum Gasteiger partial charge on any atom is -0.423 e. The molecule has 0 radical (unpaired) electrons. The highest BCUT2D eigenvalue weighted by molar-refractivity contribution is 5.88. The van der Waals surface area contributed by atoms with Crippen molar-refractivity contribution in [3.05, 3.63) is 109 Å². The summed E-state index contributed by atoms with van der Waals surface area (Å²) < 4.78 is 10.4. The van der Waals surface area contributed by atoms with Crippen LogP contribution in [0.15, 0.2) is 97.6 Å². The summed E-state index contributed by atoms with van der Waals surface area (Å²) in [6, 6.07) is 23.5. The van der Waals surface area contributed by atoms with E-state index < -0.39 is 11.9 Å². The quantitative estimate of drug-likeness (QED) is 0.230. The molecular formula is C29H28O4. The molecule has 0 aliphatic heterocycles. The Morgan fingerprint density at radius 3 is 1.82 bits per heavy atom. The Kier molecular flexibility index (Phi) is 7.29. The molecule has 168 valence electrons. The Labute approximate surface area is 195 Å². The zero-order valence-electron chi connectivity index (χ0n) is 19.3. The lowest BCUT2D eigenvalue weighted by molar-refractivity contribution is -0.130. The Morgan fingerprint density at radius 1 is 0.818 bits per heavy atom. The second-order valence-electron chi connectivity index (χ2n) is 8.60. The third-order valence-electron chi connectivity index (χ3n) is 5.37. The van der Waals surface area contributed by atoms with E-state index in [1.165, 1.54) is 5.56 Å². The van der Waals surface area contributed by atoms with E-state index in [-0.39, 0.29) is 5.41 Å². The molecule has 0 saturated heterocycles. The number of hydrogen-bond donors (Lipinski definition) is 0. The second-order valence-corrected chi connectivity index (χ2v) is 8.60. The van der Waals surface area contributed by atoms with Crippen molar-refractivity contribution in [2.75, 3.05) is 0 Å². The fourth-order valence-electron chi connectivity index (χ4n) is 3.47. The Balaban J connectivity index is 1.67. The van der Waals surface area contributed by atoms with E-state index in [4.69, 9.17) is 9.47 Å². The van der Waals surface area contributed by atoms with Crippen molar-refractivity contribution in [3.63, 3.8) is 0 Å². The largest absolute Gasteiger partial charge is 0.423 e. The summed E-state index contributed by atoms with van der Waals surface area (Å²) >= 11 is 0. The van der Waals surface area contributed by atoms with Crippen LogP contribution in [0.4, 0.5) is 0 Å². The van der Waals surface area contributed by atoms with Crippen molar-refractivity contribution in [1.82, 2.24) is 0 Å². The lowest BCUT2D eigenvalue weighted by Gasteiger charge is -2.26. The van der Waals surface area contributed by atoms with Crippen LogP contribution in [0, 0.1) is 0 Å². The SMILES string of the molecule is C=CC(=O)Oc1ccc(-c2ccc(CC(C)(C)c3ccc(OC(=O)C(=C)C)cc3)cc2)cc1. The number of carbonyl (C=O) groups excluding carboxylic acids is 2. The molecule has 33 heavy (non-hydrogen) atoms. The van der Waals surface area contributed by atoms with Gasteiger partial charge in [-0.2, -0.15) is 0 Å². The smallest absolute Gasteiger partial charge is 0.338 e. The summed E-state index contributed by atoms with van der Waals surface area (Å²) in [5.74, 6) is 0.103. The summed E-state index contributed by atoms with van der Waals surface area (Å²) in [7, 11) is 0. The number of carbonyl (C=O) groups is 2. The first kappa shape index (κ1) is 23.7. The maximum absolute atomic E-state index is 11.7.